The molecule has 0 aromatic heterocycles. The van der Waals surface area contributed by atoms with Gasteiger partial charge < -0.3 is 14.2 Å². The fraction of sp³-hybridized carbons (Fsp3) is 0.889. The molecule has 4 nitrogen and oxygen atoms in total. The molecule has 0 N–H and O–H groups in total. The van der Waals surface area contributed by atoms with E-state index in [-0.39, 0.29) is 11.7 Å². The van der Waals surface area contributed by atoms with Crippen molar-refractivity contribution in [3.05, 3.63) is 0 Å². The first-order chi connectivity index (χ1) is 5.85. The second kappa shape index (κ2) is 5.07. The summed E-state index contributed by atoms with van der Waals surface area (Å²) in [5.74, 6) is 0. The van der Waals surface area contributed by atoms with E-state index in [9.17, 15) is 4.79 Å². The number of carbonyl (C=O) groups is 1. The van der Waals surface area contributed by atoms with E-state index < -0.39 is 6.16 Å². The van der Waals surface area contributed by atoms with E-state index >= 15 is 0 Å². The Balaban J connectivity index is 0.000000226. The Bertz CT molecular complexity index is 159. The van der Waals surface area contributed by atoms with E-state index in [4.69, 9.17) is 4.74 Å². The van der Waals surface area contributed by atoms with Crippen LogP contribution in [0.15, 0.2) is 0 Å². The zero-order valence-corrected chi connectivity index (χ0v) is 8.92. The van der Waals surface area contributed by atoms with Crippen molar-refractivity contribution < 1.29 is 19.0 Å². The first-order valence-electron chi connectivity index (χ1n) is 4.23. The lowest BCUT2D eigenvalue weighted by molar-refractivity contribution is 0.0397. The first kappa shape index (κ1) is 12.2. The van der Waals surface area contributed by atoms with Crippen LogP contribution < -0.4 is 0 Å². The van der Waals surface area contributed by atoms with Crippen LogP contribution in [0.1, 0.15) is 27.7 Å². The van der Waals surface area contributed by atoms with Crippen molar-refractivity contribution >= 4 is 6.16 Å². The van der Waals surface area contributed by atoms with Gasteiger partial charge in [0.25, 0.3) is 0 Å². The lowest BCUT2D eigenvalue weighted by Gasteiger charge is -2.14. The van der Waals surface area contributed by atoms with Gasteiger partial charge in [0.15, 0.2) is 0 Å². The quantitative estimate of drug-likeness (QED) is 0.548. The minimum Gasteiger partial charge on any atom is -0.430 e. The Morgan fingerprint density at radius 3 is 2.00 bits per heavy atom. The third kappa shape index (κ3) is 7.59. The van der Waals surface area contributed by atoms with Crippen LogP contribution in [0.3, 0.4) is 0 Å². The van der Waals surface area contributed by atoms with Gasteiger partial charge in [0, 0.05) is 7.11 Å². The smallest absolute Gasteiger partial charge is 0.430 e. The van der Waals surface area contributed by atoms with E-state index in [1.165, 1.54) is 0 Å². The zero-order chi connectivity index (χ0) is 10.5. The van der Waals surface area contributed by atoms with Crippen LogP contribution in [-0.4, -0.2) is 31.6 Å². The molecule has 78 valence electrons. The summed E-state index contributed by atoms with van der Waals surface area (Å²) in [6.45, 7) is 8.25. The largest absolute Gasteiger partial charge is 0.508 e. The van der Waals surface area contributed by atoms with Crippen molar-refractivity contribution in [1.82, 2.24) is 0 Å². The average Bonchev–Trinajstić information content (AvgIpc) is 2.34. The molecular weight excluding hydrogens is 172 g/mol. The van der Waals surface area contributed by atoms with E-state index in [2.05, 4.69) is 9.47 Å². The Kier molecular flexibility index (Phi) is 4.77. The van der Waals surface area contributed by atoms with Crippen molar-refractivity contribution in [2.24, 2.45) is 0 Å². The molecule has 1 fully saturated rings. The number of ether oxygens (including phenoxy) is 3. The number of carbonyl (C=O) groups excluding carboxylic acids is 1. The van der Waals surface area contributed by atoms with Gasteiger partial charge in [0.1, 0.15) is 12.7 Å². The predicted octanol–water partition coefficient (Wildman–Crippen LogP) is 1.97. The maximum atomic E-state index is 10.0. The molecule has 4 heteroatoms. The van der Waals surface area contributed by atoms with Crippen molar-refractivity contribution in [1.29, 1.82) is 0 Å². The molecule has 1 unspecified atom stereocenters. The van der Waals surface area contributed by atoms with Crippen LogP contribution in [0, 0.1) is 0 Å². The minimum atomic E-state index is -0.549. The Hall–Kier alpha value is -0.770. The lowest BCUT2D eigenvalue weighted by Crippen LogP contribution is -2.15. The van der Waals surface area contributed by atoms with Crippen molar-refractivity contribution in [2.75, 3.05) is 13.7 Å². The summed E-state index contributed by atoms with van der Waals surface area (Å²) in [4.78, 5) is 10.0. The highest BCUT2D eigenvalue weighted by Gasteiger charge is 2.19. The molecule has 1 saturated heterocycles. The molecule has 0 radical (unpaired) electrons. The third-order valence-corrected chi connectivity index (χ3v) is 1.35. The van der Waals surface area contributed by atoms with Gasteiger partial charge in [-0.25, -0.2) is 4.79 Å². The molecule has 1 aliphatic heterocycles. The number of methoxy groups -OCH3 is 1. The van der Waals surface area contributed by atoms with Crippen molar-refractivity contribution in [3.8, 4) is 0 Å². The molecule has 0 aromatic rings. The molecule has 1 heterocycles. The fourth-order valence-corrected chi connectivity index (χ4v) is 0.418. The van der Waals surface area contributed by atoms with Gasteiger partial charge in [-0.15, -0.1) is 0 Å². The molecule has 0 bridgehead atoms. The standard InChI is InChI=1S/C5H12O.C4H6O3/c1-5(2,3)6-4;1-3-2-6-4(5)7-3/h1-4H3;3H,2H2,1H3. The summed E-state index contributed by atoms with van der Waals surface area (Å²) in [5.41, 5.74) is 0.0417. The Morgan fingerprint density at radius 1 is 1.46 bits per heavy atom. The normalized spacial score (nSPS) is 21.3. The highest BCUT2D eigenvalue weighted by atomic mass is 16.8. The number of rotatable bonds is 0. The van der Waals surface area contributed by atoms with Crippen LogP contribution >= 0.6 is 0 Å². The Morgan fingerprint density at radius 2 is 1.92 bits per heavy atom. The van der Waals surface area contributed by atoms with E-state index in [1.807, 2.05) is 20.8 Å². The second-order valence-corrected chi connectivity index (χ2v) is 3.81. The van der Waals surface area contributed by atoms with Crippen LogP contribution in [0.25, 0.3) is 0 Å². The zero-order valence-electron chi connectivity index (χ0n) is 8.92. The summed E-state index contributed by atoms with van der Waals surface area (Å²) < 4.78 is 13.8. The van der Waals surface area contributed by atoms with Gasteiger partial charge in [0.05, 0.1) is 5.60 Å². The second-order valence-electron chi connectivity index (χ2n) is 3.81. The summed E-state index contributed by atoms with van der Waals surface area (Å²) in [6, 6.07) is 0. The van der Waals surface area contributed by atoms with E-state index in [1.54, 1.807) is 14.0 Å². The number of hydrogen-bond donors (Lipinski definition) is 0. The van der Waals surface area contributed by atoms with Gasteiger partial charge in [-0.05, 0) is 27.7 Å². The lowest BCUT2D eigenvalue weighted by atomic mass is 10.2. The number of hydrogen-bond acceptors (Lipinski definition) is 4. The molecule has 0 aliphatic carbocycles. The van der Waals surface area contributed by atoms with Gasteiger partial charge in [-0.1, -0.05) is 0 Å². The first-order valence-corrected chi connectivity index (χ1v) is 4.23. The minimum absolute atomic E-state index is 0.0417. The van der Waals surface area contributed by atoms with Crippen molar-refractivity contribution in [3.63, 3.8) is 0 Å². The van der Waals surface area contributed by atoms with Crippen LogP contribution in [0.4, 0.5) is 4.79 Å². The number of cyclic esters (lactones) is 2. The molecule has 0 amide bonds. The van der Waals surface area contributed by atoms with Gasteiger partial charge in [-0.3, -0.25) is 0 Å². The Labute approximate surface area is 79.2 Å². The van der Waals surface area contributed by atoms with Crippen molar-refractivity contribution in [2.45, 2.75) is 39.4 Å². The molecular formula is C9H18O4. The molecule has 13 heavy (non-hydrogen) atoms. The molecule has 1 aliphatic rings. The SMILES string of the molecule is CC1COC(=O)O1.COC(C)(C)C. The van der Waals surface area contributed by atoms with Gasteiger partial charge >= 0.3 is 6.16 Å². The summed E-state index contributed by atoms with van der Waals surface area (Å²) in [6.07, 6.45) is -0.597. The maximum Gasteiger partial charge on any atom is 0.508 e. The van der Waals surface area contributed by atoms with Gasteiger partial charge in [0.2, 0.25) is 0 Å². The highest BCUT2D eigenvalue weighted by molar-refractivity contribution is 5.61. The van der Waals surface area contributed by atoms with E-state index in [0.29, 0.717) is 6.61 Å². The molecule has 0 aromatic carbocycles. The highest BCUT2D eigenvalue weighted by Crippen LogP contribution is 2.03. The monoisotopic (exact) mass is 190 g/mol. The van der Waals surface area contributed by atoms with E-state index in [0.717, 1.165) is 0 Å². The van der Waals surface area contributed by atoms with Crippen LogP contribution in [0.5, 0.6) is 0 Å². The fourth-order valence-electron chi connectivity index (χ4n) is 0.418. The maximum absolute atomic E-state index is 10.0. The topological polar surface area (TPSA) is 44.8 Å². The molecule has 0 saturated carbocycles. The summed E-state index contributed by atoms with van der Waals surface area (Å²) in [7, 11) is 1.71. The van der Waals surface area contributed by atoms with Crippen LogP contribution in [-0.2, 0) is 14.2 Å². The third-order valence-electron chi connectivity index (χ3n) is 1.35. The summed E-state index contributed by atoms with van der Waals surface area (Å²) >= 11 is 0. The van der Waals surface area contributed by atoms with Crippen LogP contribution in [0.2, 0.25) is 0 Å². The molecule has 1 rings (SSSR count). The summed E-state index contributed by atoms with van der Waals surface area (Å²) in [5, 5.41) is 0. The van der Waals surface area contributed by atoms with Gasteiger partial charge in [-0.2, -0.15) is 0 Å². The molecule has 1 atom stereocenters. The average molecular weight is 190 g/mol. The molecule has 0 spiro atoms. The predicted molar refractivity (Wildman–Crippen MR) is 48.7 cm³/mol.